The van der Waals surface area contributed by atoms with Crippen molar-refractivity contribution < 1.29 is 9.53 Å². The van der Waals surface area contributed by atoms with E-state index in [-0.39, 0.29) is 11.8 Å². The molecule has 0 spiro atoms. The van der Waals surface area contributed by atoms with Crippen molar-refractivity contribution in [3.05, 3.63) is 85.2 Å². The maximum absolute atomic E-state index is 12.4. The first kappa shape index (κ1) is 21.9. The molecule has 32 heavy (non-hydrogen) atoms. The van der Waals surface area contributed by atoms with Gasteiger partial charge in [-0.1, -0.05) is 42.5 Å². The maximum atomic E-state index is 12.4. The van der Waals surface area contributed by atoms with Gasteiger partial charge in [-0.05, 0) is 43.0 Å². The van der Waals surface area contributed by atoms with Crippen LogP contribution in [0.3, 0.4) is 0 Å². The second kappa shape index (κ2) is 10.3. The first-order chi connectivity index (χ1) is 15.7. The molecule has 0 bridgehead atoms. The molecule has 5 heteroatoms. The third kappa shape index (κ3) is 4.77. The lowest BCUT2D eigenvalue weighted by atomic mass is 10.1. The Balaban J connectivity index is 1.42. The van der Waals surface area contributed by atoms with Crippen LogP contribution >= 0.6 is 0 Å². The van der Waals surface area contributed by atoms with Crippen molar-refractivity contribution in [2.24, 2.45) is 0 Å². The van der Waals surface area contributed by atoms with E-state index >= 15 is 0 Å². The van der Waals surface area contributed by atoms with Gasteiger partial charge in [0.2, 0.25) is 5.91 Å². The number of imidazole rings is 1. The minimum atomic E-state index is 0.122. The molecular weight excluding hydrogens is 398 g/mol. The highest BCUT2D eigenvalue weighted by Gasteiger charge is 2.33. The van der Waals surface area contributed by atoms with E-state index in [0.29, 0.717) is 26.1 Å². The van der Waals surface area contributed by atoms with Crippen molar-refractivity contribution in [2.75, 3.05) is 19.7 Å². The number of hydrogen-bond acceptors (Lipinski definition) is 3. The highest BCUT2D eigenvalue weighted by atomic mass is 16.5. The number of ether oxygens (including phenoxy) is 1. The Morgan fingerprint density at radius 1 is 1.06 bits per heavy atom. The lowest BCUT2D eigenvalue weighted by Gasteiger charge is -2.16. The summed E-state index contributed by atoms with van der Waals surface area (Å²) in [5, 5.41) is 0. The number of hydrogen-bond donors (Lipinski definition) is 0. The molecule has 1 aliphatic heterocycles. The van der Waals surface area contributed by atoms with Gasteiger partial charge in [0.05, 0.1) is 17.6 Å². The van der Waals surface area contributed by atoms with Gasteiger partial charge in [0, 0.05) is 32.0 Å². The van der Waals surface area contributed by atoms with E-state index in [4.69, 9.17) is 9.72 Å². The zero-order chi connectivity index (χ0) is 22.3. The Bertz CT molecular complexity index is 1100. The number of aromatic nitrogens is 2. The van der Waals surface area contributed by atoms with Crippen LogP contribution in [0.25, 0.3) is 11.0 Å². The summed E-state index contributed by atoms with van der Waals surface area (Å²) in [6, 6.07) is 16.4. The molecule has 166 valence electrons. The molecule has 1 fully saturated rings. The van der Waals surface area contributed by atoms with E-state index in [0.717, 1.165) is 48.4 Å². The van der Waals surface area contributed by atoms with Crippen molar-refractivity contribution in [3.63, 3.8) is 0 Å². The lowest BCUT2D eigenvalue weighted by molar-refractivity contribution is -0.127. The quantitative estimate of drug-likeness (QED) is 0.314. The van der Waals surface area contributed by atoms with Crippen molar-refractivity contribution in [3.8, 4) is 5.75 Å². The van der Waals surface area contributed by atoms with Gasteiger partial charge < -0.3 is 14.2 Å². The Hall–Kier alpha value is -3.34. The van der Waals surface area contributed by atoms with Gasteiger partial charge in [-0.3, -0.25) is 4.79 Å². The molecule has 5 nitrogen and oxygen atoms in total. The largest absolute Gasteiger partial charge is 0.493 e. The smallest absolute Gasteiger partial charge is 0.223 e. The number of fused-ring (bicyclic) bond motifs is 1. The van der Waals surface area contributed by atoms with Crippen LogP contribution in [0.4, 0.5) is 0 Å². The van der Waals surface area contributed by atoms with Crippen molar-refractivity contribution in [1.29, 1.82) is 0 Å². The minimum Gasteiger partial charge on any atom is -0.493 e. The summed E-state index contributed by atoms with van der Waals surface area (Å²) in [6.45, 7) is 10.4. The van der Waals surface area contributed by atoms with Crippen LogP contribution in [0.5, 0.6) is 5.75 Å². The number of aryl methyl sites for hydroxylation is 1. The summed E-state index contributed by atoms with van der Waals surface area (Å²) in [5.74, 6) is 2.26. The van der Waals surface area contributed by atoms with Gasteiger partial charge in [-0.15, -0.1) is 13.2 Å². The number of nitrogens with zero attached hydrogens (tertiary/aromatic N) is 3. The molecule has 0 aliphatic carbocycles. The van der Waals surface area contributed by atoms with Crippen LogP contribution in [0.2, 0.25) is 0 Å². The molecule has 1 saturated heterocycles. The molecule has 1 amide bonds. The van der Waals surface area contributed by atoms with Crippen LogP contribution in [-0.2, 0) is 17.8 Å². The van der Waals surface area contributed by atoms with Crippen LogP contribution in [-0.4, -0.2) is 40.1 Å². The molecule has 1 aromatic heterocycles. The highest BCUT2D eigenvalue weighted by Crippen LogP contribution is 2.30. The Morgan fingerprint density at radius 2 is 1.88 bits per heavy atom. The van der Waals surface area contributed by atoms with E-state index in [1.165, 1.54) is 5.56 Å². The van der Waals surface area contributed by atoms with Gasteiger partial charge in [0.25, 0.3) is 0 Å². The fourth-order valence-electron chi connectivity index (χ4n) is 4.44. The number of unbranched alkanes of at least 4 members (excludes halogenated alkanes) is 1. The first-order valence-electron chi connectivity index (χ1n) is 11.4. The zero-order valence-electron chi connectivity index (χ0n) is 18.6. The SMILES string of the molecule is C=CCc1ccccc1OCCCCn1c(C2CC(=O)N(CC=C)C2)nc2ccccc21. The fourth-order valence-corrected chi connectivity index (χ4v) is 4.44. The molecule has 1 atom stereocenters. The van der Waals surface area contributed by atoms with Crippen LogP contribution < -0.4 is 4.74 Å². The van der Waals surface area contributed by atoms with Crippen molar-refractivity contribution in [2.45, 2.75) is 38.1 Å². The van der Waals surface area contributed by atoms with Gasteiger partial charge in [0.1, 0.15) is 11.6 Å². The van der Waals surface area contributed by atoms with Crippen LogP contribution in [0, 0.1) is 0 Å². The van der Waals surface area contributed by atoms with E-state index < -0.39 is 0 Å². The molecule has 0 radical (unpaired) electrons. The predicted octanol–water partition coefficient (Wildman–Crippen LogP) is 5.13. The minimum absolute atomic E-state index is 0.122. The number of allylic oxidation sites excluding steroid dienone is 1. The molecule has 1 aliphatic rings. The van der Waals surface area contributed by atoms with Gasteiger partial charge in [-0.2, -0.15) is 0 Å². The number of amides is 1. The summed E-state index contributed by atoms with van der Waals surface area (Å²) in [4.78, 5) is 19.2. The molecular formula is C27H31N3O2. The Kier molecular flexibility index (Phi) is 7.05. The number of para-hydroxylation sites is 3. The number of benzene rings is 2. The monoisotopic (exact) mass is 429 g/mol. The third-order valence-corrected chi connectivity index (χ3v) is 5.98. The van der Waals surface area contributed by atoms with Crippen LogP contribution in [0.15, 0.2) is 73.8 Å². The molecule has 3 aromatic rings. The summed E-state index contributed by atoms with van der Waals surface area (Å²) < 4.78 is 8.35. The third-order valence-electron chi connectivity index (χ3n) is 5.98. The number of carbonyl (C=O) groups excluding carboxylic acids is 1. The Labute approximate surface area is 190 Å². The van der Waals surface area contributed by atoms with Gasteiger partial charge in [0.15, 0.2) is 0 Å². The standard InChI is InChI=1S/C27H31N3O2/c1-3-11-21-12-5-8-15-25(21)32-18-10-9-17-30-24-14-7-6-13-23(24)28-27(30)22-19-26(31)29(20-22)16-4-2/h3-8,12-15,22H,1-2,9-11,16-20H2. The van der Waals surface area contributed by atoms with Crippen molar-refractivity contribution >= 4 is 16.9 Å². The first-order valence-corrected chi connectivity index (χ1v) is 11.4. The zero-order valence-corrected chi connectivity index (χ0v) is 18.6. The summed E-state index contributed by atoms with van der Waals surface area (Å²) in [5.41, 5.74) is 3.29. The van der Waals surface area contributed by atoms with E-state index in [2.05, 4.69) is 29.9 Å². The normalized spacial score (nSPS) is 15.9. The maximum Gasteiger partial charge on any atom is 0.223 e. The lowest BCUT2D eigenvalue weighted by Crippen LogP contribution is -2.25. The summed E-state index contributed by atoms with van der Waals surface area (Å²) in [7, 11) is 0. The summed E-state index contributed by atoms with van der Waals surface area (Å²) in [6.07, 6.45) is 6.94. The predicted molar refractivity (Wildman–Crippen MR) is 129 cm³/mol. The van der Waals surface area contributed by atoms with E-state index in [9.17, 15) is 4.79 Å². The van der Waals surface area contributed by atoms with Gasteiger partial charge >= 0.3 is 0 Å². The van der Waals surface area contributed by atoms with Gasteiger partial charge in [-0.25, -0.2) is 4.98 Å². The molecule has 2 heterocycles. The fraction of sp³-hybridized carbons (Fsp3) is 0.333. The molecule has 2 aromatic carbocycles. The number of carbonyl (C=O) groups is 1. The second-order valence-corrected chi connectivity index (χ2v) is 8.25. The molecule has 1 unspecified atom stereocenters. The van der Waals surface area contributed by atoms with Crippen LogP contribution in [0.1, 0.15) is 36.6 Å². The molecule has 0 N–H and O–H groups in total. The molecule has 0 saturated carbocycles. The van der Waals surface area contributed by atoms with Crippen molar-refractivity contribution in [1.82, 2.24) is 14.5 Å². The highest BCUT2D eigenvalue weighted by molar-refractivity contribution is 5.81. The topological polar surface area (TPSA) is 47.4 Å². The summed E-state index contributed by atoms with van der Waals surface area (Å²) >= 11 is 0. The Morgan fingerprint density at radius 3 is 2.72 bits per heavy atom. The average Bonchev–Trinajstić information content (AvgIpc) is 3.35. The van der Waals surface area contributed by atoms with E-state index in [1.807, 2.05) is 47.4 Å². The second-order valence-electron chi connectivity index (χ2n) is 8.25. The number of likely N-dealkylation sites (tertiary alicyclic amines) is 1. The average molecular weight is 430 g/mol. The van der Waals surface area contributed by atoms with E-state index in [1.54, 1.807) is 6.08 Å². The number of rotatable bonds is 11. The molecule has 4 rings (SSSR count).